The number of hydrogen-bond donors (Lipinski definition) is 2. The highest BCUT2D eigenvalue weighted by Crippen LogP contribution is 2.30. The van der Waals surface area contributed by atoms with Crippen LogP contribution in [0.3, 0.4) is 0 Å². The number of carbonyl (C=O) groups excluding carboxylic acids is 1. The molecular formula is C15H19F2NO2S. The number of aliphatic hydroxyl groups is 1. The summed E-state index contributed by atoms with van der Waals surface area (Å²) in [6.45, 7) is 0.715. The van der Waals surface area contributed by atoms with Crippen molar-refractivity contribution in [2.45, 2.75) is 24.2 Å². The van der Waals surface area contributed by atoms with Gasteiger partial charge in [-0.05, 0) is 36.8 Å². The molecule has 1 aromatic carbocycles. The zero-order chi connectivity index (χ0) is 15.2. The number of hydrogen-bond acceptors (Lipinski definition) is 3. The fourth-order valence-corrected chi connectivity index (χ4v) is 3.40. The molecule has 21 heavy (non-hydrogen) atoms. The van der Waals surface area contributed by atoms with Gasteiger partial charge in [-0.2, -0.15) is 0 Å². The van der Waals surface area contributed by atoms with Gasteiger partial charge in [0, 0.05) is 24.1 Å². The van der Waals surface area contributed by atoms with Crippen LogP contribution >= 0.6 is 11.8 Å². The fraction of sp³-hybridized carbons (Fsp3) is 0.533. The lowest BCUT2D eigenvalue weighted by molar-refractivity contribution is -0.118. The summed E-state index contributed by atoms with van der Waals surface area (Å²) in [5, 5.41) is 12.0. The van der Waals surface area contributed by atoms with Crippen molar-refractivity contribution < 1.29 is 18.7 Å². The third kappa shape index (κ3) is 4.68. The summed E-state index contributed by atoms with van der Waals surface area (Å²) in [7, 11) is 0. The topological polar surface area (TPSA) is 49.3 Å². The Morgan fingerprint density at radius 3 is 2.81 bits per heavy atom. The molecule has 3 nitrogen and oxygen atoms in total. The van der Waals surface area contributed by atoms with E-state index in [0.29, 0.717) is 12.5 Å². The molecule has 1 saturated carbocycles. The van der Waals surface area contributed by atoms with E-state index in [0.717, 1.165) is 37.1 Å². The summed E-state index contributed by atoms with van der Waals surface area (Å²) in [6.07, 6.45) is 3.11. The van der Waals surface area contributed by atoms with Crippen molar-refractivity contribution in [1.82, 2.24) is 5.32 Å². The van der Waals surface area contributed by atoms with E-state index in [1.54, 1.807) is 0 Å². The highest BCUT2D eigenvalue weighted by Gasteiger charge is 2.26. The highest BCUT2D eigenvalue weighted by atomic mass is 32.2. The van der Waals surface area contributed by atoms with Gasteiger partial charge in [0.2, 0.25) is 5.91 Å². The van der Waals surface area contributed by atoms with Crippen molar-refractivity contribution in [3.8, 4) is 0 Å². The largest absolute Gasteiger partial charge is 0.396 e. The maximum absolute atomic E-state index is 13.4. The van der Waals surface area contributed by atoms with Gasteiger partial charge in [-0.3, -0.25) is 4.79 Å². The Morgan fingerprint density at radius 1 is 1.33 bits per heavy atom. The molecular weight excluding hydrogens is 296 g/mol. The van der Waals surface area contributed by atoms with E-state index in [9.17, 15) is 18.7 Å². The number of aliphatic hydroxyl groups excluding tert-OH is 1. The van der Waals surface area contributed by atoms with Crippen LogP contribution in [-0.2, 0) is 4.79 Å². The number of halogens is 2. The Kier molecular flexibility index (Phi) is 5.99. The van der Waals surface area contributed by atoms with E-state index >= 15 is 0 Å². The third-order valence-corrected chi connectivity index (χ3v) is 4.91. The van der Waals surface area contributed by atoms with Crippen molar-refractivity contribution in [2.75, 3.05) is 18.9 Å². The molecule has 1 fully saturated rings. The van der Waals surface area contributed by atoms with Gasteiger partial charge in [-0.15, -0.1) is 11.8 Å². The number of rotatable bonds is 6. The van der Waals surface area contributed by atoms with E-state index in [1.165, 1.54) is 12.1 Å². The maximum atomic E-state index is 13.4. The van der Waals surface area contributed by atoms with E-state index in [2.05, 4.69) is 5.32 Å². The van der Waals surface area contributed by atoms with Crippen LogP contribution in [-0.4, -0.2) is 29.9 Å². The van der Waals surface area contributed by atoms with E-state index in [4.69, 9.17) is 0 Å². The van der Waals surface area contributed by atoms with Crippen LogP contribution < -0.4 is 5.32 Å². The molecule has 1 aliphatic carbocycles. The molecule has 2 N–H and O–H groups in total. The van der Waals surface area contributed by atoms with Crippen molar-refractivity contribution in [3.05, 3.63) is 29.8 Å². The van der Waals surface area contributed by atoms with Gasteiger partial charge < -0.3 is 10.4 Å². The number of nitrogens with one attached hydrogen (secondary N) is 1. The van der Waals surface area contributed by atoms with Crippen LogP contribution in [0.25, 0.3) is 0 Å². The van der Waals surface area contributed by atoms with Crippen LogP contribution in [0.15, 0.2) is 23.1 Å². The van der Waals surface area contributed by atoms with E-state index in [-0.39, 0.29) is 29.1 Å². The summed E-state index contributed by atoms with van der Waals surface area (Å²) >= 11 is 1.05. The molecule has 2 rings (SSSR count). The first kappa shape index (κ1) is 16.2. The van der Waals surface area contributed by atoms with Crippen LogP contribution in [0.1, 0.15) is 19.3 Å². The Bertz CT molecular complexity index is 499. The lowest BCUT2D eigenvalue weighted by atomic mass is 9.97. The minimum atomic E-state index is -0.649. The lowest BCUT2D eigenvalue weighted by Crippen LogP contribution is -2.32. The first-order valence-electron chi connectivity index (χ1n) is 7.05. The van der Waals surface area contributed by atoms with Gasteiger partial charge in [0.25, 0.3) is 0 Å². The van der Waals surface area contributed by atoms with Gasteiger partial charge in [0.15, 0.2) is 0 Å². The lowest BCUT2D eigenvalue weighted by Gasteiger charge is -2.17. The minimum absolute atomic E-state index is 0.0963. The highest BCUT2D eigenvalue weighted by molar-refractivity contribution is 8.00. The van der Waals surface area contributed by atoms with Gasteiger partial charge in [0.05, 0.1) is 5.75 Å². The first-order chi connectivity index (χ1) is 10.1. The predicted molar refractivity (Wildman–Crippen MR) is 78.0 cm³/mol. The number of thioether (sulfide) groups is 1. The SMILES string of the molecule is O=C(CSc1ccc(F)cc1F)NCC1CCCC1CO. The summed E-state index contributed by atoms with van der Waals surface area (Å²) < 4.78 is 26.2. The molecule has 0 radical (unpaired) electrons. The second-order valence-corrected chi connectivity index (χ2v) is 6.32. The Labute approximate surface area is 127 Å². The standard InChI is InChI=1S/C15H19F2NO2S/c16-12-4-5-14(13(17)6-12)21-9-15(20)18-7-10-2-1-3-11(10)8-19/h4-6,10-11,19H,1-3,7-9H2,(H,18,20). The number of amides is 1. The predicted octanol–water partition coefficient (Wildman–Crippen LogP) is 2.58. The van der Waals surface area contributed by atoms with Crippen LogP contribution in [0, 0.1) is 23.5 Å². The van der Waals surface area contributed by atoms with Crippen LogP contribution in [0.4, 0.5) is 8.78 Å². The van der Waals surface area contributed by atoms with Gasteiger partial charge in [0.1, 0.15) is 11.6 Å². The van der Waals surface area contributed by atoms with Crippen LogP contribution in [0.5, 0.6) is 0 Å². The zero-order valence-corrected chi connectivity index (χ0v) is 12.5. The number of carbonyl (C=O) groups is 1. The average molecular weight is 315 g/mol. The van der Waals surface area contributed by atoms with Crippen molar-refractivity contribution in [2.24, 2.45) is 11.8 Å². The molecule has 1 aromatic rings. The Morgan fingerprint density at radius 2 is 2.10 bits per heavy atom. The number of benzene rings is 1. The molecule has 116 valence electrons. The first-order valence-corrected chi connectivity index (χ1v) is 8.04. The summed E-state index contributed by atoms with van der Waals surface area (Å²) in [5.41, 5.74) is 0. The second-order valence-electron chi connectivity index (χ2n) is 5.30. The summed E-state index contributed by atoms with van der Waals surface area (Å²) in [4.78, 5) is 12.0. The summed E-state index contributed by atoms with van der Waals surface area (Å²) in [6, 6.07) is 3.32. The van der Waals surface area contributed by atoms with Gasteiger partial charge in [-0.25, -0.2) is 8.78 Å². The molecule has 0 bridgehead atoms. The molecule has 1 aliphatic rings. The maximum Gasteiger partial charge on any atom is 0.230 e. The van der Waals surface area contributed by atoms with Gasteiger partial charge >= 0.3 is 0 Å². The average Bonchev–Trinajstić information content (AvgIpc) is 2.91. The summed E-state index contributed by atoms with van der Waals surface area (Å²) in [5.74, 6) is -0.758. The molecule has 0 spiro atoms. The monoisotopic (exact) mass is 315 g/mol. The fourth-order valence-electron chi connectivity index (χ4n) is 2.65. The van der Waals surface area contributed by atoms with Crippen molar-refractivity contribution >= 4 is 17.7 Å². The Balaban J connectivity index is 1.74. The molecule has 2 atom stereocenters. The molecule has 0 saturated heterocycles. The van der Waals surface area contributed by atoms with E-state index in [1.807, 2.05) is 0 Å². The van der Waals surface area contributed by atoms with Gasteiger partial charge in [-0.1, -0.05) is 6.42 Å². The molecule has 2 unspecified atom stereocenters. The molecule has 0 aliphatic heterocycles. The molecule has 1 amide bonds. The van der Waals surface area contributed by atoms with Crippen molar-refractivity contribution in [3.63, 3.8) is 0 Å². The zero-order valence-electron chi connectivity index (χ0n) is 11.6. The molecule has 6 heteroatoms. The van der Waals surface area contributed by atoms with Crippen molar-refractivity contribution in [1.29, 1.82) is 0 Å². The molecule has 0 heterocycles. The minimum Gasteiger partial charge on any atom is -0.396 e. The second kappa shape index (κ2) is 7.75. The Hall–Kier alpha value is -1.14. The van der Waals surface area contributed by atoms with E-state index < -0.39 is 11.6 Å². The van der Waals surface area contributed by atoms with Crippen LogP contribution in [0.2, 0.25) is 0 Å². The third-order valence-electron chi connectivity index (χ3n) is 3.87. The quantitative estimate of drug-likeness (QED) is 0.793. The normalized spacial score (nSPS) is 21.5. The molecule has 0 aromatic heterocycles. The smallest absolute Gasteiger partial charge is 0.230 e.